The van der Waals surface area contributed by atoms with E-state index < -0.39 is 0 Å². The van der Waals surface area contributed by atoms with Gasteiger partial charge in [0.25, 0.3) is 0 Å². The maximum absolute atomic E-state index is 3.18. The van der Waals surface area contributed by atoms with Gasteiger partial charge >= 0.3 is 0 Å². The summed E-state index contributed by atoms with van der Waals surface area (Å²) in [6.07, 6.45) is 2.51. The van der Waals surface area contributed by atoms with Crippen LogP contribution in [0.4, 0.5) is 0 Å². The molecule has 1 heterocycles. The minimum absolute atomic E-state index is 0.481. The second kappa shape index (κ2) is 1.69. The predicted octanol–water partition coefficient (Wildman–Crippen LogP) is 0.729. The second-order valence-electron chi connectivity index (χ2n) is 2.24. The van der Waals surface area contributed by atoms with Crippen LogP contribution < -0.4 is 5.32 Å². The predicted molar refractivity (Wildman–Crippen MR) is 34.1 cm³/mol. The second-order valence-corrected chi connectivity index (χ2v) is 2.24. The third kappa shape index (κ3) is 0.661. The van der Waals surface area contributed by atoms with E-state index in [9.17, 15) is 0 Å². The number of hydrogen-bond acceptors (Lipinski definition) is 2. The third-order valence-corrected chi connectivity index (χ3v) is 1.67. The fraction of sp³-hybridized carbons (Fsp3) is 0.667. The van der Waals surface area contributed by atoms with Crippen LogP contribution in [0.25, 0.3) is 0 Å². The van der Waals surface area contributed by atoms with E-state index in [4.69, 9.17) is 0 Å². The van der Waals surface area contributed by atoms with Crippen LogP contribution in [0, 0.1) is 0 Å². The molecule has 1 atom stereocenters. The van der Waals surface area contributed by atoms with Crippen molar-refractivity contribution >= 4 is 0 Å². The van der Waals surface area contributed by atoms with Gasteiger partial charge in [0.2, 0.25) is 0 Å². The van der Waals surface area contributed by atoms with Crippen LogP contribution in [0.5, 0.6) is 0 Å². The van der Waals surface area contributed by atoms with E-state index in [1.807, 2.05) is 6.20 Å². The highest BCUT2D eigenvalue weighted by Gasteiger charge is 2.12. The molecule has 2 heteroatoms. The molecule has 1 unspecified atom stereocenters. The Balaban J connectivity index is 2.59. The van der Waals surface area contributed by atoms with Crippen molar-refractivity contribution in [1.29, 1.82) is 0 Å². The Morgan fingerprint density at radius 2 is 2.38 bits per heavy atom. The zero-order valence-corrected chi connectivity index (χ0v) is 5.60. The fourth-order valence-electron chi connectivity index (χ4n) is 0.760. The van der Waals surface area contributed by atoms with Crippen molar-refractivity contribution in [3.05, 3.63) is 11.9 Å². The van der Waals surface area contributed by atoms with E-state index in [-0.39, 0.29) is 0 Å². The lowest BCUT2D eigenvalue weighted by Crippen LogP contribution is -2.29. The Labute approximate surface area is 50.2 Å². The Hall–Kier alpha value is -0.660. The van der Waals surface area contributed by atoms with Crippen LogP contribution in [0.3, 0.4) is 0 Å². The molecular formula is C6H12N2. The minimum Gasteiger partial charge on any atom is -0.370 e. The Morgan fingerprint density at radius 3 is 2.50 bits per heavy atom. The van der Waals surface area contributed by atoms with Crippen LogP contribution in [-0.2, 0) is 0 Å². The monoisotopic (exact) mass is 112 g/mol. The molecule has 46 valence electrons. The van der Waals surface area contributed by atoms with E-state index in [1.54, 1.807) is 0 Å². The molecule has 1 N–H and O–H groups in total. The standard InChI is InChI=1S/C6H12N2/c1-5-4-7-6(2)8(5)3/h4,6-7H,1-3H3. The molecule has 0 radical (unpaired) electrons. The number of allylic oxidation sites excluding steroid dienone is 1. The van der Waals surface area contributed by atoms with Gasteiger partial charge in [-0.15, -0.1) is 0 Å². The molecule has 1 aliphatic rings. The molecule has 0 saturated carbocycles. The first-order valence-corrected chi connectivity index (χ1v) is 2.87. The van der Waals surface area contributed by atoms with Gasteiger partial charge in [0.1, 0.15) is 0 Å². The lowest BCUT2D eigenvalue weighted by molar-refractivity contribution is 0.334. The van der Waals surface area contributed by atoms with Gasteiger partial charge in [0, 0.05) is 18.9 Å². The normalized spacial score (nSPS) is 27.6. The average Bonchev–Trinajstić information content (AvgIpc) is 1.98. The van der Waals surface area contributed by atoms with Gasteiger partial charge in [-0.2, -0.15) is 0 Å². The maximum atomic E-state index is 3.18. The van der Waals surface area contributed by atoms with Crippen molar-refractivity contribution in [1.82, 2.24) is 10.2 Å². The summed E-state index contributed by atoms with van der Waals surface area (Å²) in [6, 6.07) is 0. The molecule has 0 aromatic heterocycles. The van der Waals surface area contributed by atoms with Crippen LogP contribution in [0.15, 0.2) is 11.9 Å². The fourth-order valence-corrected chi connectivity index (χ4v) is 0.760. The van der Waals surface area contributed by atoms with Gasteiger partial charge < -0.3 is 10.2 Å². The first-order valence-electron chi connectivity index (χ1n) is 2.87. The summed E-state index contributed by atoms with van der Waals surface area (Å²) in [5.74, 6) is 0. The van der Waals surface area contributed by atoms with Crippen LogP contribution in [-0.4, -0.2) is 18.1 Å². The molecule has 0 amide bonds. The molecule has 0 bridgehead atoms. The van der Waals surface area contributed by atoms with Gasteiger partial charge in [-0.3, -0.25) is 0 Å². The highest BCUT2D eigenvalue weighted by atomic mass is 15.3. The van der Waals surface area contributed by atoms with Gasteiger partial charge in [0.05, 0.1) is 6.17 Å². The topological polar surface area (TPSA) is 15.3 Å². The zero-order chi connectivity index (χ0) is 6.15. The molecule has 0 aromatic carbocycles. The molecule has 0 spiro atoms. The van der Waals surface area contributed by atoms with E-state index in [0.717, 1.165) is 0 Å². The molecule has 0 aromatic rings. The number of hydrogen-bond donors (Lipinski definition) is 1. The first-order chi connectivity index (χ1) is 3.72. The smallest absolute Gasteiger partial charge is 0.0951 e. The zero-order valence-electron chi connectivity index (χ0n) is 5.60. The number of nitrogens with zero attached hydrogens (tertiary/aromatic N) is 1. The van der Waals surface area contributed by atoms with Crippen molar-refractivity contribution in [2.45, 2.75) is 20.0 Å². The van der Waals surface area contributed by atoms with Crippen LogP contribution in [0.1, 0.15) is 13.8 Å². The molecule has 8 heavy (non-hydrogen) atoms. The summed E-state index contributed by atoms with van der Waals surface area (Å²) in [6.45, 7) is 4.23. The highest BCUT2D eigenvalue weighted by Crippen LogP contribution is 2.08. The summed E-state index contributed by atoms with van der Waals surface area (Å²) in [5.41, 5.74) is 1.30. The van der Waals surface area contributed by atoms with Gasteiger partial charge in [0.15, 0.2) is 0 Å². The lowest BCUT2D eigenvalue weighted by Gasteiger charge is -2.18. The van der Waals surface area contributed by atoms with Gasteiger partial charge in [-0.05, 0) is 13.8 Å². The van der Waals surface area contributed by atoms with Crippen molar-refractivity contribution in [3.8, 4) is 0 Å². The molecule has 2 nitrogen and oxygen atoms in total. The summed E-state index contributed by atoms with van der Waals surface area (Å²) >= 11 is 0. The third-order valence-electron chi connectivity index (χ3n) is 1.67. The maximum Gasteiger partial charge on any atom is 0.0951 e. The molecular weight excluding hydrogens is 100 g/mol. The largest absolute Gasteiger partial charge is 0.370 e. The Morgan fingerprint density at radius 1 is 1.75 bits per heavy atom. The first kappa shape index (κ1) is 5.48. The van der Waals surface area contributed by atoms with Crippen LogP contribution in [0.2, 0.25) is 0 Å². The Bertz CT molecular complexity index is 118. The quantitative estimate of drug-likeness (QED) is 0.497. The van der Waals surface area contributed by atoms with Crippen molar-refractivity contribution in [3.63, 3.8) is 0 Å². The average molecular weight is 112 g/mol. The molecule has 0 saturated heterocycles. The van der Waals surface area contributed by atoms with E-state index in [2.05, 4.69) is 31.1 Å². The van der Waals surface area contributed by atoms with Crippen molar-refractivity contribution in [2.75, 3.05) is 7.05 Å². The molecule has 1 rings (SSSR count). The number of nitrogens with one attached hydrogen (secondary N) is 1. The molecule has 1 aliphatic heterocycles. The summed E-state index contributed by atoms with van der Waals surface area (Å²) in [5, 5.41) is 3.18. The van der Waals surface area contributed by atoms with Crippen molar-refractivity contribution in [2.24, 2.45) is 0 Å². The lowest BCUT2D eigenvalue weighted by atomic mass is 10.5. The van der Waals surface area contributed by atoms with E-state index in [0.29, 0.717) is 6.17 Å². The van der Waals surface area contributed by atoms with Gasteiger partial charge in [-0.25, -0.2) is 0 Å². The van der Waals surface area contributed by atoms with Crippen LogP contribution >= 0.6 is 0 Å². The SMILES string of the molecule is CC1=CNC(C)N1C. The van der Waals surface area contributed by atoms with Crippen molar-refractivity contribution < 1.29 is 0 Å². The summed E-state index contributed by atoms with van der Waals surface area (Å²) in [4.78, 5) is 2.19. The molecule has 0 aliphatic carbocycles. The summed E-state index contributed by atoms with van der Waals surface area (Å²) < 4.78 is 0. The number of rotatable bonds is 0. The highest BCUT2D eigenvalue weighted by molar-refractivity contribution is 5.02. The van der Waals surface area contributed by atoms with E-state index >= 15 is 0 Å². The minimum atomic E-state index is 0.481. The van der Waals surface area contributed by atoms with Gasteiger partial charge in [-0.1, -0.05) is 0 Å². The van der Waals surface area contributed by atoms with E-state index in [1.165, 1.54) is 5.70 Å². The molecule has 0 fully saturated rings. The Kier molecular flexibility index (Phi) is 1.16. The summed E-state index contributed by atoms with van der Waals surface area (Å²) in [7, 11) is 2.08.